The summed E-state index contributed by atoms with van der Waals surface area (Å²) in [5.41, 5.74) is 1.15. The molecule has 0 aliphatic heterocycles. The predicted molar refractivity (Wildman–Crippen MR) is 72.3 cm³/mol. The zero-order valence-electron chi connectivity index (χ0n) is 10.3. The molecule has 0 spiro atoms. The van der Waals surface area contributed by atoms with Crippen LogP contribution in [0.15, 0.2) is 22.7 Å². The van der Waals surface area contributed by atoms with Crippen molar-refractivity contribution in [3.63, 3.8) is 0 Å². The smallest absolute Gasteiger partial charge is 0.133 e. The van der Waals surface area contributed by atoms with Crippen molar-refractivity contribution in [3.05, 3.63) is 28.2 Å². The summed E-state index contributed by atoms with van der Waals surface area (Å²) in [6.07, 6.45) is 3.05. The number of hydrogen-bond acceptors (Lipinski definition) is 2. The van der Waals surface area contributed by atoms with Crippen LogP contribution in [0.3, 0.4) is 0 Å². The van der Waals surface area contributed by atoms with Gasteiger partial charge in [0.05, 0.1) is 17.7 Å². The van der Waals surface area contributed by atoms with Crippen molar-refractivity contribution in [3.8, 4) is 5.75 Å². The molecule has 0 saturated heterocycles. The summed E-state index contributed by atoms with van der Waals surface area (Å²) in [5.74, 6) is 1.99. The molecule has 2 atom stereocenters. The molecule has 3 heteroatoms. The van der Waals surface area contributed by atoms with E-state index < -0.39 is 0 Å². The van der Waals surface area contributed by atoms with E-state index in [9.17, 15) is 5.11 Å². The second-order valence-corrected chi connectivity index (χ2v) is 5.79. The number of aliphatic hydroxyl groups is 1. The molecule has 1 saturated carbocycles. The van der Waals surface area contributed by atoms with Gasteiger partial charge >= 0.3 is 0 Å². The van der Waals surface area contributed by atoms with Crippen molar-refractivity contribution < 1.29 is 9.84 Å². The number of methoxy groups -OCH3 is 1. The Balaban J connectivity index is 2.00. The highest BCUT2D eigenvalue weighted by molar-refractivity contribution is 9.10. The van der Waals surface area contributed by atoms with Crippen LogP contribution in [0.1, 0.15) is 25.3 Å². The largest absolute Gasteiger partial charge is 0.496 e. The number of aliphatic hydroxyl groups excluding tert-OH is 1. The van der Waals surface area contributed by atoms with Gasteiger partial charge < -0.3 is 9.84 Å². The van der Waals surface area contributed by atoms with Crippen LogP contribution >= 0.6 is 15.9 Å². The van der Waals surface area contributed by atoms with Gasteiger partial charge in [-0.25, -0.2) is 0 Å². The number of rotatable bonds is 5. The van der Waals surface area contributed by atoms with Crippen LogP contribution in [0.2, 0.25) is 0 Å². The second kappa shape index (κ2) is 5.40. The standard InChI is InChI=1S/C14H19BrO2/c1-9(11-4-5-11)13(16)8-10-3-6-14(17-2)12(15)7-10/h3,6-7,9,11,13,16H,4-5,8H2,1-2H3. The summed E-state index contributed by atoms with van der Waals surface area (Å²) in [7, 11) is 1.66. The van der Waals surface area contributed by atoms with Crippen molar-refractivity contribution in [2.45, 2.75) is 32.3 Å². The first kappa shape index (κ1) is 12.9. The van der Waals surface area contributed by atoms with Crippen LogP contribution in [-0.2, 0) is 6.42 Å². The van der Waals surface area contributed by atoms with Crippen LogP contribution in [-0.4, -0.2) is 18.3 Å². The molecule has 2 unspecified atom stereocenters. The summed E-state index contributed by atoms with van der Waals surface area (Å²) < 4.78 is 6.14. The van der Waals surface area contributed by atoms with Crippen LogP contribution in [0.25, 0.3) is 0 Å². The molecule has 1 fully saturated rings. The van der Waals surface area contributed by atoms with E-state index in [1.165, 1.54) is 12.8 Å². The van der Waals surface area contributed by atoms with E-state index in [1.807, 2.05) is 18.2 Å². The lowest BCUT2D eigenvalue weighted by molar-refractivity contribution is 0.105. The second-order valence-electron chi connectivity index (χ2n) is 4.94. The Bertz CT molecular complexity index is 388. The van der Waals surface area contributed by atoms with Gasteiger partial charge in [0.15, 0.2) is 0 Å². The van der Waals surface area contributed by atoms with Gasteiger partial charge in [0.25, 0.3) is 0 Å². The number of halogens is 1. The van der Waals surface area contributed by atoms with Crippen LogP contribution in [0.5, 0.6) is 5.75 Å². The molecule has 94 valence electrons. The molecule has 1 aromatic rings. The monoisotopic (exact) mass is 298 g/mol. The normalized spacial score (nSPS) is 18.8. The topological polar surface area (TPSA) is 29.5 Å². The molecule has 0 bridgehead atoms. The summed E-state index contributed by atoms with van der Waals surface area (Å²) in [4.78, 5) is 0. The van der Waals surface area contributed by atoms with E-state index in [-0.39, 0.29) is 6.10 Å². The van der Waals surface area contributed by atoms with Gasteiger partial charge in [0.1, 0.15) is 5.75 Å². The highest BCUT2D eigenvalue weighted by atomic mass is 79.9. The van der Waals surface area contributed by atoms with Gasteiger partial charge in [0.2, 0.25) is 0 Å². The molecule has 1 aliphatic rings. The van der Waals surface area contributed by atoms with Gasteiger partial charge in [-0.1, -0.05) is 13.0 Å². The van der Waals surface area contributed by atoms with Crippen molar-refractivity contribution >= 4 is 15.9 Å². The van der Waals surface area contributed by atoms with Gasteiger partial charge in [-0.05, 0) is 64.7 Å². The number of hydrogen-bond donors (Lipinski definition) is 1. The van der Waals surface area contributed by atoms with Gasteiger partial charge in [-0.2, -0.15) is 0 Å². The Kier molecular flexibility index (Phi) is 4.10. The first-order valence-electron chi connectivity index (χ1n) is 6.12. The minimum absolute atomic E-state index is 0.234. The van der Waals surface area contributed by atoms with E-state index in [0.29, 0.717) is 5.92 Å². The fourth-order valence-electron chi connectivity index (χ4n) is 2.20. The van der Waals surface area contributed by atoms with Gasteiger partial charge in [-0.15, -0.1) is 0 Å². The number of benzene rings is 1. The van der Waals surface area contributed by atoms with Crippen molar-refractivity contribution in [1.29, 1.82) is 0 Å². The Hall–Kier alpha value is -0.540. The predicted octanol–water partition coefficient (Wildman–Crippen LogP) is 3.41. The van der Waals surface area contributed by atoms with Crippen molar-refractivity contribution in [2.24, 2.45) is 11.8 Å². The average Bonchev–Trinajstić information content (AvgIpc) is 3.12. The summed E-state index contributed by atoms with van der Waals surface area (Å²) >= 11 is 3.47. The maximum atomic E-state index is 10.2. The Morgan fingerprint density at radius 1 is 1.47 bits per heavy atom. The fraction of sp³-hybridized carbons (Fsp3) is 0.571. The van der Waals surface area contributed by atoms with Gasteiger partial charge in [-0.3, -0.25) is 0 Å². The molecule has 1 aliphatic carbocycles. The molecule has 1 N–H and O–H groups in total. The number of ether oxygens (including phenoxy) is 1. The van der Waals surface area contributed by atoms with E-state index in [4.69, 9.17) is 4.74 Å². The molecule has 2 nitrogen and oxygen atoms in total. The minimum atomic E-state index is -0.234. The third-order valence-corrected chi connectivity index (χ3v) is 4.25. The van der Waals surface area contributed by atoms with Crippen molar-refractivity contribution in [1.82, 2.24) is 0 Å². The highest BCUT2D eigenvalue weighted by Gasteiger charge is 2.32. The van der Waals surface area contributed by atoms with Gasteiger partial charge in [0, 0.05) is 0 Å². The Labute approximate surface area is 111 Å². The van der Waals surface area contributed by atoms with Crippen LogP contribution < -0.4 is 4.74 Å². The maximum absolute atomic E-state index is 10.2. The lowest BCUT2D eigenvalue weighted by Gasteiger charge is -2.18. The quantitative estimate of drug-likeness (QED) is 0.903. The SMILES string of the molecule is COc1ccc(CC(O)C(C)C2CC2)cc1Br. The van der Waals surface area contributed by atoms with E-state index in [0.717, 1.165) is 28.1 Å². The van der Waals surface area contributed by atoms with Crippen molar-refractivity contribution in [2.75, 3.05) is 7.11 Å². The molecule has 17 heavy (non-hydrogen) atoms. The molecule has 0 heterocycles. The molecule has 0 aromatic heterocycles. The summed E-state index contributed by atoms with van der Waals surface area (Å²) in [6.45, 7) is 2.15. The third kappa shape index (κ3) is 3.23. The lowest BCUT2D eigenvalue weighted by Crippen LogP contribution is -2.21. The van der Waals surface area contributed by atoms with E-state index >= 15 is 0 Å². The fourth-order valence-corrected chi connectivity index (χ4v) is 2.79. The molecule has 0 amide bonds. The van der Waals surface area contributed by atoms with E-state index in [2.05, 4.69) is 22.9 Å². The Morgan fingerprint density at radius 2 is 2.18 bits per heavy atom. The summed E-state index contributed by atoms with van der Waals surface area (Å²) in [6, 6.07) is 5.99. The molecule has 2 rings (SSSR count). The summed E-state index contributed by atoms with van der Waals surface area (Å²) in [5, 5.41) is 10.2. The maximum Gasteiger partial charge on any atom is 0.133 e. The van der Waals surface area contributed by atoms with Crippen LogP contribution in [0.4, 0.5) is 0 Å². The zero-order valence-corrected chi connectivity index (χ0v) is 11.9. The van der Waals surface area contributed by atoms with E-state index in [1.54, 1.807) is 7.11 Å². The highest BCUT2D eigenvalue weighted by Crippen LogP contribution is 2.39. The molecular formula is C14H19BrO2. The average molecular weight is 299 g/mol. The first-order chi connectivity index (χ1) is 8.11. The third-order valence-electron chi connectivity index (χ3n) is 3.63. The minimum Gasteiger partial charge on any atom is -0.496 e. The molecule has 0 radical (unpaired) electrons. The first-order valence-corrected chi connectivity index (χ1v) is 6.91. The Morgan fingerprint density at radius 3 is 2.71 bits per heavy atom. The molecule has 1 aromatic carbocycles. The zero-order chi connectivity index (χ0) is 12.4. The van der Waals surface area contributed by atoms with Crippen LogP contribution in [0, 0.1) is 11.8 Å². The lowest BCUT2D eigenvalue weighted by atomic mass is 9.94. The molecular weight excluding hydrogens is 280 g/mol.